The fourth-order valence-electron chi connectivity index (χ4n) is 6.96. The number of aryl methyl sites for hydroxylation is 4. The second-order valence-electron chi connectivity index (χ2n) is 11.4. The molecule has 2 atom stereocenters. The molecule has 0 aliphatic heterocycles. The van der Waals surface area contributed by atoms with Gasteiger partial charge in [-0.1, -0.05) is 0 Å². The molecule has 6 rings (SSSR count). The van der Waals surface area contributed by atoms with Crippen molar-refractivity contribution in [1.82, 2.24) is 0 Å². The van der Waals surface area contributed by atoms with Gasteiger partial charge in [0.15, 0.2) is 0 Å². The van der Waals surface area contributed by atoms with Crippen LogP contribution in [0, 0.1) is 39.3 Å². The van der Waals surface area contributed by atoms with Crippen molar-refractivity contribution in [2.45, 2.75) is 41.9 Å². The molecule has 2 aliphatic rings. The van der Waals surface area contributed by atoms with Gasteiger partial charge < -0.3 is 0 Å². The molecule has 2 nitrogen and oxygen atoms in total. The van der Waals surface area contributed by atoms with E-state index in [1.54, 1.807) is 24.3 Å². The van der Waals surface area contributed by atoms with Crippen LogP contribution in [0.2, 0.25) is 0 Å². The van der Waals surface area contributed by atoms with E-state index in [2.05, 4.69) is 80.0 Å². The van der Waals surface area contributed by atoms with Crippen LogP contribution in [0.1, 0.15) is 58.7 Å². The Balaban J connectivity index is 1.74. The summed E-state index contributed by atoms with van der Waals surface area (Å²) in [6, 6.07) is 21.1. The summed E-state index contributed by atoms with van der Waals surface area (Å²) in [5.74, 6) is 0.442. The fraction of sp³-hybridized carbons (Fsp3) is 0.194. The van der Waals surface area contributed by atoms with E-state index in [1.807, 2.05) is 6.92 Å². The molecule has 0 fully saturated rings. The normalized spacial score (nSPS) is 17.4. The van der Waals surface area contributed by atoms with Crippen molar-refractivity contribution in [2.24, 2.45) is 0 Å². The first-order chi connectivity index (χ1) is 19.7. The van der Waals surface area contributed by atoms with Gasteiger partial charge >= 0.3 is 244 Å². The number of fused-ring (bicyclic) bond motifs is 2. The molecule has 0 bridgehead atoms. The Morgan fingerprint density at radius 2 is 0.927 bits per heavy atom. The van der Waals surface area contributed by atoms with Crippen LogP contribution in [-0.2, 0) is 19.2 Å². The molecule has 2 aliphatic carbocycles. The van der Waals surface area contributed by atoms with Crippen LogP contribution >= 0.6 is 0 Å². The van der Waals surface area contributed by atoms with Crippen LogP contribution in [0.15, 0.2) is 84.9 Å². The van der Waals surface area contributed by atoms with Crippen molar-refractivity contribution in [2.75, 3.05) is 0 Å². The molecule has 208 valence electrons. The molecule has 0 saturated heterocycles. The van der Waals surface area contributed by atoms with E-state index in [0.29, 0.717) is 11.5 Å². The molecule has 4 aromatic rings. The Morgan fingerprint density at radius 1 is 0.561 bits per heavy atom. The zero-order chi connectivity index (χ0) is 29.0. The van der Waals surface area contributed by atoms with Gasteiger partial charge in [-0.15, -0.1) is 0 Å². The Hall–Kier alpha value is -3.43. The summed E-state index contributed by atoms with van der Waals surface area (Å²) < 4.78 is 45.0. The van der Waals surface area contributed by atoms with Gasteiger partial charge in [-0.25, -0.2) is 0 Å². The maximum atomic E-state index is 14.1. The second kappa shape index (κ2) is 10.1. The zero-order valence-corrected chi connectivity index (χ0v) is 26.5. The Bertz CT molecular complexity index is 1670. The van der Waals surface area contributed by atoms with E-state index < -0.39 is 19.2 Å². The van der Waals surface area contributed by atoms with Crippen molar-refractivity contribution in [1.29, 1.82) is 0 Å². The summed E-state index contributed by atoms with van der Waals surface area (Å²) >= 11 is -5.51. The summed E-state index contributed by atoms with van der Waals surface area (Å²) in [6.07, 6.45) is 8.90. The topological polar surface area (TPSA) is 18.5 Å². The van der Waals surface area contributed by atoms with Gasteiger partial charge in [-0.2, -0.15) is 0 Å². The molecule has 0 heterocycles. The number of hydrogen-bond acceptors (Lipinski definition) is 2. The van der Waals surface area contributed by atoms with Crippen LogP contribution < -0.4 is 5.63 Å². The van der Waals surface area contributed by atoms with Crippen LogP contribution in [0.25, 0.3) is 12.2 Å². The van der Waals surface area contributed by atoms with Gasteiger partial charge in [0, 0.05) is 0 Å². The zero-order valence-electron chi connectivity index (χ0n) is 24.0. The number of allylic oxidation sites excluding steroid dienone is 2. The van der Waals surface area contributed by atoms with Crippen LogP contribution in [0.5, 0.6) is 11.5 Å². The molecular formula is C36H34F2O2Zr. The van der Waals surface area contributed by atoms with Gasteiger partial charge in [-0.05, 0) is 0 Å². The van der Waals surface area contributed by atoms with Gasteiger partial charge in [0.2, 0.25) is 0 Å². The van der Waals surface area contributed by atoms with Crippen LogP contribution in [0.3, 0.4) is 0 Å². The van der Waals surface area contributed by atoms with Gasteiger partial charge in [0.25, 0.3) is 0 Å². The molecule has 0 aromatic heterocycles. The van der Waals surface area contributed by atoms with Gasteiger partial charge in [-0.3, -0.25) is 0 Å². The fourth-order valence-corrected chi connectivity index (χ4v) is 21.8. The van der Waals surface area contributed by atoms with Crippen LogP contribution in [-0.4, -0.2) is 3.71 Å². The Kier molecular flexibility index (Phi) is 6.85. The quantitative estimate of drug-likeness (QED) is 0.212. The van der Waals surface area contributed by atoms with E-state index in [9.17, 15) is 8.78 Å². The molecular weight excluding hydrogens is 594 g/mol. The van der Waals surface area contributed by atoms with Crippen molar-refractivity contribution in [3.05, 3.63) is 141 Å². The molecule has 0 spiro atoms. The molecule has 41 heavy (non-hydrogen) atoms. The average molecular weight is 628 g/mol. The molecule has 0 N–H and O–H groups in total. The predicted molar refractivity (Wildman–Crippen MR) is 161 cm³/mol. The van der Waals surface area contributed by atoms with Crippen molar-refractivity contribution in [3.8, 4) is 11.5 Å². The monoisotopic (exact) mass is 626 g/mol. The number of halogens is 2. The third-order valence-corrected chi connectivity index (χ3v) is 23.6. The van der Waals surface area contributed by atoms with E-state index in [-0.39, 0.29) is 18.9 Å². The molecule has 0 amide bonds. The van der Waals surface area contributed by atoms with Crippen LogP contribution in [0.4, 0.5) is 8.78 Å². The first kappa shape index (κ1) is 27.7. The van der Waals surface area contributed by atoms with Gasteiger partial charge in [0.1, 0.15) is 0 Å². The van der Waals surface area contributed by atoms with E-state index >= 15 is 0 Å². The first-order valence-corrected chi connectivity index (χ1v) is 20.4. The number of hydrogen-bond donors (Lipinski definition) is 0. The molecule has 4 aromatic carbocycles. The summed E-state index contributed by atoms with van der Waals surface area (Å²) in [5.41, 5.74) is 9.47. The van der Waals surface area contributed by atoms with Crippen molar-refractivity contribution >= 4 is 15.9 Å². The minimum absolute atomic E-state index is 0.202. The summed E-state index contributed by atoms with van der Waals surface area (Å²) in [5, 5.41) is 0. The van der Waals surface area contributed by atoms with Crippen molar-refractivity contribution < 1.29 is 33.6 Å². The average Bonchev–Trinajstić information content (AvgIpc) is 3.64. The minimum atomic E-state index is -5.51. The van der Waals surface area contributed by atoms with Crippen molar-refractivity contribution in [3.63, 3.8) is 0 Å². The molecule has 0 saturated carbocycles. The SMILES string of the molecule is C[CH]=[Zr]([O]c1ccc(F)cc1)([O]c1ccc(F)cc1)([CH]1C=Cc2c(C)ccc(C)c21)[CH]1C=Cc2c(C)ccc(C)c21. The predicted octanol–water partition coefficient (Wildman–Crippen LogP) is 9.53. The summed E-state index contributed by atoms with van der Waals surface area (Å²) in [6.45, 7) is 10.6. The summed E-state index contributed by atoms with van der Waals surface area (Å²) in [4.78, 5) is 0. The molecule has 5 heteroatoms. The van der Waals surface area contributed by atoms with E-state index in [0.717, 1.165) is 11.1 Å². The Labute approximate surface area is 242 Å². The standard InChI is InChI=1S/2C11H11.2C6H5FO.C2H4.Zr/c2*1-8-6-7-9(2)11-5-3-4-10(8)11;2*7-5-1-3-6(8)4-2-5;1-2;/h2*3-7H,1-2H3;2*1-4,8H;1H,2H3;/q;;;;;+2/p-2. The molecule has 2 unspecified atom stereocenters. The maximum absolute atomic E-state index is 14.1. The van der Waals surface area contributed by atoms with Gasteiger partial charge in [0.05, 0.1) is 0 Å². The Morgan fingerprint density at radius 3 is 1.29 bits per heavy atom. The number of benzene rings is 4. The number of rotatable bonds is 6. The van der Waals surface area contributed by atoms with E-state index in [4.69, 9.17) is 5.63 Å². The third kappa shape index (κ3) is 4.32. The first-order valence-electron chi connectivity index (χ1n) is 14.1. The second-order valence-corrected chi connectivity index (χ2v) is 23.2. The third-order valence-electron chi connectivity index (χ3n) is 9.07. The molecule has 0 radical (unpaired) electrons. The van der Waals surface area contributed by atoms with E-state index in [1.165, 1.54) is 57.6 Å². The summed E-state index contributed by atoms with van der Waals surface area (Å²) in [7, 11) is 0.